The molecule has 1 N–H and O–H groups in total. The molecule has 0 atom stereocenters. The molecule has 21 heavy (non-hydrogen) atoms. The third-order valence-corrected chi connectivity index (χ3v) is 3.28. The van der Waals surface area contributed by atoms with E-state index in [4.69, 9.17) is 9.47 Å². The zero-order valence-corrected chi connectivity index (χ0v) is 11.9. The first-order chi connectivity index (χ1) is 10.4. The SMILES string of the molecule is C(=Cc1ccccc1)CNc1ccc2c(c1)OCCCO2. The van der Waals surface area contributed by atoms with Gasteiger partial charge in [0.1, 0.15) is 0 Å². The van der Waals surface area contributed by atoms with Gasteiger partial charge in [-0.3, -0.25) is 0 Å². The Morgan fingerprint density at radius 3 is 2.62 bits per heavy atom. The molecule has 0 saturated carbocycles. The fourth-order valence-electron chi connectivity index (χ4n) is 2.21. The summed E-state index contributed by atoms with van der Waals surface area (Å²) >= 11 is 0. The van der Waals surface area contributed by atoms with Crippen molar-refractivity contribution in [1.82, 2.24) is 0 Å². The van der Waals surface area contributed by atoms with Crippen LogP contribution >= 0.6 is 0 Å². The van der Waals surface area contributed by atoms with E-state index in [1.54, 1.807) is 0 Å². The van der Waals surface area contributed by atoms with E-state index in [2.05, 4.69) is 29.6 Å². The molecule has 3 nitrogen and oxygen atoms in total. The maximum atomic E-state index is 5.68. The summed E-state index contributed by atoms with van der Waals surface area (Å²) in [4.78, 5) is 0. The summed E-state index contributed by atoms with van der Waals surface area (Å²) in [5.41, 5.74) is 2.25. The van der Waals surface area contributed by atoms with Crippen molar-refractivity contribution in [2.45, 2.75) is 6.42 Å². The maximum Gasteiger partial charge on any atom is 0.163 e. The molecule has 0 radical (unpaired) electrons. The Bertz CT molecular complexity index is 608. The molecule has 3 heteroatoms. The molecule has 0 fully saturated rings. The van der Waals surface area contributed by atoms with Crippen LogP contribution in [0.25, 0.3) is 6.08 Å². The molecule has 0 amide bonds. The summed E-state index contributed by atoms with van der Waals surface area (Å²) in [6, 6.07) is 16.3. The first kappa shape index (κ1) is 13.6. The van der Waals surface area contributed by atoms with Gasteiger partial charge in [-0.1, -0.05) is 42.5 Å². The lowest BCUT2D eigenvalue weighted by molar-refractivity contribution is 0.297. The van der Waals surface area contributed by atoms with Crippen molar-refractivity contribution < 1.29 is 9.47 Å². The normalized spacial score (nSPS) is 13.9. The van der Waals surface area contributed by atoms with Crippen molar-refractivity contribution in [1.29, 1.82) is 0 Å². The Morgan fingerprint density at radius 2 is 1.76 bits per heavy atom. The van der Waals surface area contributed by atoms with Crippen LogP contribution in [-0.2, 0) is 0 Å². The minimum absolute atomic E-state index is 0.713. The second-order valence-electron chi connectivity index (χ2n) is 4.91. The fraction of sp³-hybridized carbons (Fsp3) is 0.222. The zero-order valence-electron chi connectivity index (χ0n) is 11.9. The third-order valence-electron chi connectivity index (χ3n) is 3.28. The van der Waals surface area contributed by atoms with Gasteiger partial charge in [-0.15, -0.1) is 0 Å². The monoisotopic (exact) mass is 281 g/mol. The van der Waals surface area contributed by atoms with Crippen LogP contribution in [0.5, 0.6) is 11.5 Å². The third kappa shape index (κ3) is 3.78. The van der Waals surface area contributed by atoms with Crippen molar-refractivity contribution in [3.63, 3.8) is 0 Å². The van der Waals surface area contributed by atoms with Gasteiger partial charge in [-0.05, 0) is 17.7 Å². The van der Waals surface area contributed by atoms with Crippen molar-refractivity contribution in [2.75, 3.05) is 25.1 Å². The Kier molecular flexibility index (Phi) is 4.42. The number of ether oxygens (including phenoxy) is 2. The zero-order chi connectivity index (χ0) is 14.3. The van der Waals surface area contributed by atoms with Crippen LogP contribution in [0.4, 0.5) is 5.69 Å². The maximum absolute atomic E-state index is 5.68. The standard InChI is InChI=1S/C18H19NO2/c1-2-6-15(7-3-1)8-4-11-19-16-9-10-17-18(14-16)21-13-5-12-20-17/h1-4,6-10,14,19H,5,11-13H2. The Hall–Kier alpha value is -2.42. The van der Waals surface area contributed by atoms with E-state index in [1.807, 2.05) is 36.4 Å². The van der Waals surface area contributed by atoms with E-state index in [0.717, 1.165) is 36.8 Å². The largest absolute Gasteiger partial charge is 0.490 e. The average Bonchev–Trinajstić information content (AvgIpc) is 2.77. The van der Waals surface area contributed by atoms with Gasteiger partial charge in [0.25, 0.3) is 0 Å². The lowest BCUT2D eigenvalue weighted by Gasteiger charge is -2.10. The molecule has 108 valence electrons. The Balaban J connectivity index is 1.58. The molecule has 0 saturated heterocycles. The number of nitrogens with one attached hydrogen (secondary N) is 1. The van der Waals surface area contributed by atoms with Gasteiger partial charge in [0.05, 0.1) is 13.2 Å². The smallest absolute Gasteiger partial charge is 0.163 e. The van der Waals surface area contributed by atoms with Crippen molar-refractivity contribution in [3.8, 4) is 11.5 Å². The Morgan fingerprint density at radius 1 is 0.952 bits per heavy atom. The van der Waals surface area contributed by atoms with E-state index in [0.29, 0.717) is 6.61 Å². The molecular weight excluding hydrogens is 262 g/mol. The quantitative estimate of drug-likeness (QED) is 0.919. The van der Waals surface area contributed by atoms with Crippen LogP contribution in [0.15, 0.2) is 54.6 Å². The highest BCUT2D eigenvalue weighted by atomic mass is 16.5. The summed E-state index contributed by atoms with van der Waals surface area (Å²) in [6.07, 6.45) is 5.14. The molecule has 1 aliphatic rings. The molecule has 1 aliphatic heterocycles. The second-order valence-corrected chi connectivity index (χ2v) is 4.91. The van der Waals surface area contributed by atoms with Crippen molar-refractivity contribution in [3.05, 3.63) is 60.2 Å². The van der Waals surface area contributed by atoms with Gasteiger partial charge in [0.2, 0.25) is 0 Å². The molecule has 0 bridgehead atoms. The number of rotatable bonds is 4. The molecule has 0 aromatic heterocycles. The lowest BCUT2D eigenvalue weighted by atomic mass is 10.2. The van der Waals surface area contributed by atoms with Gasteiger partial charge in [-0.2, -0.15) is 0 Å². The summed E-state index contributed by atoms with van der Waals surface area (Å²) < 4.78 is 11.3. The highest BCUT2D eigenvalue weighted by Crippen LogP contribution is 2.32. The molecule has 1 heterocycles. The average molecular weight is 281 g/mol. The second kappa shape index (κ2) is 6.84. The van der Waals surface area contributed by atoms with Crippen molar-refractivity contribution >= 4 is 11.8 Å². The molecule has 2 aromatic rings. The predicted octanol–water partition coefficient (Wildman–Crippen LogP) is 3.97. The van der Waals surface area contributed by atoms with Gasteiger partial charge in [-0.25, -0.2) is 0 Å². The van der Waals surface area contributed by atoms with Crippen LogP contribution in [-0.4, -0.2) is 19.8 Å². The summed E-state index contributed by atoms with van der Waals surface area (Å²) in [5, 5.41) is 3.36. The lowest BCUT2D eigenvalue weighted by Crippen LogP contribution is -1.99. The van der Waals surface area contributed by atoms with Crippen LogP contribution in [0, 0.1) is 0 Å². The van der Waals surface area contributed by atoms with E-state index >= 15 is 0 Å². The number of fused-ring (bicyclic) bond motifs is 1. The molecule has 0 unspecified atom stereocenters. The molecule has 0 spiro atoms. The van der Waals surface area contributed by atoms with Gasteiger partial charge in [0.15, 0.2) is 11.5 Å². The van der Waals surface area contributed by atoms with Gasteiger partial charge in [0, 0.05) is 24.7 Å². The van der Waals surface area contributed by atoms with E-state index in [9.17, 15) is 0 Å². The van der Waals surface area contributed by atoms with E-state index in [-0.39, 0.29) is 0 Å². The topological polar surface area (TPSA) is 30.5 Å². The molecular formula is C18H19NO2. The predicted molar refractivity (Wildman–Crippen MR) is 86.0 cm³/mol. The minimum atomic E-state index is 0.713. The molecule has 3 rings (SSSR count). The van der Waals surface area contributed by atoms with Crippen molar-refractivity contribution in [2.24, 2.45) is 0 Å². The number of benzene rings is 2. The van der Waals surface area contributed by atoms with Crippen LogP contribution in [0.3, 0.4) is 0 Å². The number of anilines is 1. The molecule has 2 aromatic carbocycles. The van der Waals surface area contributed by atoms with Gasteiger partial charge < -0.3 is 14.8 Å². The van der Waals surface area contributed by atoms with Crippen LogP contribution in [0.1, 0.15) is 12.0 Å². The fourth-order valence-corrected chi connectivity index (χ4v) is 2.21. The van der Waals surface area contributed by atoms with Gasteiger partial charge >= 0.3 is 0 Å². The highest BCUT2D eigenvalue weighted by molar-refractivity contribution is 5.56. The van der Waals surface area contributed by atoms with Crippen LogP contribution < -0.4 is 14.8 Å². The minimum Gasteiger partial charge on any atom is -0.490 e. The first-order valence-corrected chi connectivity index (χ1v) is 7.27. The van der Waals surface area contributed by atoms with E-state index < -0.39 is 0 Å². The Labute approximate surface area is 125 Å². The first-order valence-electron chi connectivity index (χ1n) is 7.27. The number of hydrogen-bond donors (Lipinski definition) is 1. The van der Waals surface area contributed by atoms with Crippen LogP contribution in [0.2, 0.25) is 0 Å². The summed E-state index contributed by atoms with van der Waals surface area (Å²) in [7, 11) is 0. The number of hydrogen-bond acceptors (Lipinski definition) is 3. The highest BCUT2D eigenvalue weighted by Gasteiger charge is 2.09. The summed E-state index contributed by atoms with van der Waals surface area (Å²) in [6.45, 7) is 2.21. The molecule has 0 aliphatic carbocycles. The summed E-state index contributed by atoms with van der Waals surface area (Å²) in [5.74, 6) is 1.66. The van der Waals surface area contributed by atoms with E-state index in [1.165, 1.54) is 5.56 Å².